The predicted octanol–water partition coefficient (Wildman–Crippen LogP) is 0.879. The minimum absolute atomic E-state index is 0.00148. The van der Waals surface area contributed by atoms with Gasteiger partial charge in [0.25, 0.3) is 0 Å². The van der Waals surface area contributed by atoms with E-state index in [4.69, 9.17) is 0 Å². The highest BCUT2D eigenvalue weighted by Crippen LogP contribution is 2.11. The van der Waals surface area contributed by atoms with Crippen molar-refractivity contribution in [2.75, 3.05) is 5.75 Å². The Bertz CT molecular complexity index is 823. The molecule has 2 aromatic heterocycles. The Hall–Kier alpha value is -2.19. The van der Waals surface area contributed by atoms with E-state index in [1.165, 1.54) is 0 Å². The Kier molecular flexibility index (Phi) is 3.72. The third-order valence-corrected chi connectivity index (χ3v) is 4.47. The molecule has 0 unspecified atom stereocenters. The number of aromatic nitrogens is 4. The number of hydrogen-bond donors (Lipinski definition) is 2. The van der Waals surface area contributed by atoms with Crippen LogP contribution in [0.3, 0.4) is 0 Å². The van der Waals surface area contributed by atoms with Gasteiger partial charge < -0.3 is 4.57 Å². The molecule has 110 valence electrons. The van der Waals surface area contributed by atoms with Crippen molar-refractivity contribution in [3.05, 3.63) is 48.5 Å². The van der Waals surface area contributed by atoms with E-state index < -0.39 is 10.0 Å². The van der Waals surface area contributed by atoms with Crippen molar-refractivity contribution in [2.24, 2.45) is 0 Å². The van der Waals surface area contributed by atoms with Gasteiger partial charge in [-0.1, -0.05) is 12.1 Å². The molecular formula is C13H15N5O2S. The molecule has 3 aromatic rings. The zero-order valence-electron chi connectivity index (χ0n) is 11.2. The van der Waals surface area contributed by atoms with Gasteiger partial charge in [-0.05, 0) is 18.2 Å². The minimum atomic E-state index is -3.35. The molecular weight excluding hydrogens is 290 g/mol. The number of rotatable bonds is 6. The van der Waals surface area contributed by atoms with Crippen LogP contribution < -0.4 is 4.72 Å². The van der Waals surface area contributed by atoms with Crippen molar-refractivity contribution < 1.29 is 8.42 Å². The van der Waals surface area contributed by atoms with Crippen LogP contribution >= 0.6 is 0 Å². The van der Waals surface area contributed by atoms with E-state index in [0.717, 1.165) is 16.7 Å². The lowest BCUT2D eigenvalue weighted by Crippen LogP contribution is -2.28. The van der Waals surface area contributed by atoms with Crippen LogP contribution in [0.4, 0.5) is 0 Å². The van der Waals surface area contributed by atoms with Crippen LogP contribution in [0.2, 0.25) is 0 Å². The van der Waals surface area contributed by atoms with E-state index in [0.29, 0.717) is 6.54 Å². The van der Waals surface area contributed by atoms with Gasteiger partial charge in [-0.2, -0.15) is 5.10 Å². The van der Waals surface area contributed by atoms with Crippen LogP contribution in [-0.4, -0.2) is 33.9 Å². The molecule has 0 spiro atoms. The summed E-state index contributed by atoms with van der Waals surface area (Å²) in [5.41, 5.74) is 2.52. The van der Waals surface area contributed by atoms with Crippen LogP contribution in [0.5, 0.6) is 0 Å². The summed E-state index contributed by atoms with van der Waals surface area (Å²) in [5.74, 6) is 0.00148. The van der Waals surface area contributed by atoms with Crippen LogP contribution in [0.25, 0.3) is 11.0 Å². The topological polar surface area (TPSA) is 92.7 Å². The van der Waals surface area contributed by atoms with Gasteiger partial charge in [-0.15, -0.1) is 0 Å². The second-order valence-corrected chi connectivity index (χ2v) is 6.57. The number of aromatic amines is 1. The highest BCUT2D eigenvalue weighted by molar-refractivity contribution is 7.89. The first-order chi connectivity index (χ1) is 10.1. The Labute approximate surface area is 122 Å². The van der Waals surface area contributed by atoms with Crippen molar-refractivity contribution in [3.63, 3.8) is 0 Å². The minimum Gasteiger partial charge on any atom is -0.330 e. The van der Waals surface area contributed by atoms with Crippen molar-refractivity contribution in [1.29, 1.82) is 0 Å². The SMILES string of the molecule is O=S(=O)(CCn1cnc2ccccc21)NCc1ccn[nH]1. The van der Waals surface area contributed by atoms with Gasteiger partial charge in [0.1, 0.15) is 0 Å². The number of nitrogens with zero attached hydrogens (tertiary/aromatic N) is 3. The molecule has 2 N–H and O–H groups in total. The van der Waals surface area contributed by atoms with E-state index in [-0.39, 0.29) is 12.3 Å². The van der Waals surface area contributed by atoms with Gasteiger partial charge in [-0.3, -0.25) is 5.10 Å². The Morgan fingerprint density at radius 1 is 1.24 bits per heavy atom. The molecule has 0 atom stereocenters. The lowest BCUT2D eigenvalue weighted by molar-refractivity contribution is 0.574. The van der Waals surface area contributed by atoms with E-state index in [9.17, 15) is 8.42 Å². The molecule has 0 fully saturated rings. The van der Waals surface area contributed by atoms with Crippen LogP contribution in [0.15, 0.2) is 42.9 Å². The fourth-order valence-electron chi connectivity index (χ4n) is 2.05. The van der Waals surface area contributed by atoms with Gasteiger partial charge >= 0.3 is 0 Å². The quantitative estimate of drug-likeness (QED) is 0.707. The number of sulfonamides is 1. The summed E-state index contributed by atoms with van der Waals surface area (Å²) in [6.45, 7) is 0.575. The third kappa shape index (κ3) is 3.29. The summed E-state index contributed by atoms with van der Waals surface area (Å²) < 4.78 is 28.3. The zero-order chi connectivity index (χ0) is 14.7. The zero-order valence-corrected chi connectivity index (χ0v) is 12.0. The van der Waals surface area contributed by atoms with Crippen LogP contribution in [-0.2, 0) is 23.1 Å². The summed E-state index contributed by atoms with van der Waals surface area (Å²) in [6, 6.07) is 9.36. The molecule has 2 heterocycles. The van der Waals surface area contributed by atoms with Gasteiger partial charge in [-0.25, -0.2) is 18.1 Å². The molecule has 21 heavy (non-hydrogen) atoms. The largest absolute Gasteiger partial charge is 0.330 e. The smallest absolute Gasteiger partial charge is 0.213 e. The molecule has 0 aliphatic heterocycles. The van der Waals surface area contributed by atoms with Crippen molar-refractivity contribution in [3.8, 4) is 0 Å². The molecule has 3 rings (SSSR count). The molecule has 1 aromatic carbocycles. The third-order valence-electron chi connectivity index (χ3n) is 3.17. The highest BCUT2D eigenvalue weighted by Gasteiger charge is 2.11. The van der Waals surface area contributed by atoms with E-state index >= 15 is 0 Å². The first-order valence-corrected chi connectivity index (χ1v) is 8.15. The van der Waals surface area contributed by atoms with Crippen LogP contribution in [0.1, 0.15) is 5.69 Å². The van der Waals surface area contributed by atoms with Crippen LogP contribution in [0, 0.1) is 0 Å². The number of nitrogens with one attached hydrogen (secondary N) is 2. The molecule has 0 saturated heterocycles. The maximum absolute atomic E-state index is 12.0. The summed E-state index contributed by atoms with van der Waals surface area (Å²) in [6.07, 6.45) is 3.25. The number of para-hydroxylation sites is 2. The van der Waals surface area contributed by atoms with Gasteiger partial charge in [0.2, 0.25) is 10.0 Å². The number of imidazole rings is 1. The van der Waals surface area contributed by atoms with Gasteiger partial charge in [0.15, 0.2) is 0 Å². The summed E-state index contributed by atoms with van der Waals surface area (Å²) in [5, 5.41) is 6.48. The van der Waals surface area contributed by atoms with Gasteiger partial charge in [0.05, 0.1) is 35.4 Å². The maximum atomic E-state index is 12.0. The average Bonchev–Trinajstić information content (AvgIpc) is 3.13. The van der Waals surface area contributed by atoms with Gasteiger partial charge in [0, 0.05) is 12.7 Å². The molecule has 0 saturated carbocycles. The van der Waals surface area contributed by atoms with E-state index in [2.05, 4.69) is 19.9 Å². The monoisotopic (exact) mass is 305 g/mol. The maximum Gasteiger partial charge on any atom is 0.213 e. The predicted molar refractivity (Wildman–Crippen MR) is 78.9 cm³/mol. The molecule has 0 radical (unpaired) electrons. The molecule has 7 nitrogen and oxygen atoms in total. The Morgan fingerprint density at radius 2 is 2.10 bits per heavy atom. The molecule has 0 aliphatic rings. The second-order valence-electron chi connectivity index (χ2n) is 4.65. The van der Waals surface area contributed by atoms with E-state index in [1.54, 1.807) is 18.6 Å². The number of hydrogen-bond acceptors (Lipinski definition) is 4. The lowest BCUT2D eigenvalue weighted by Gasteiger charge is -2.07. The second kappa shape index (κ2) is 5.66. The molecule has 0 aliphatic carbocycles. The Morgan fingerprint density at radius 3 is 2.90 bits per heavy atom. The number of aryl methyl sites for hydroxylation is 1. The Balaban J connectivity index is 1.63. The standard InChI is InChI=1S/C13H15N5O2S/c19-21(20,16-9-11-5-6-15-17-11)8-7-18-10-14-12-3-1-2-4-13(12)18/h1-6,10,16H,7-9H2,(H,15,17). The van der Waals surface area contributed by atoms with Crippen molar-refractivity contribution >= 4 is 21.1 Å². The summed E-state index contributed by atoms with van der Waals surface area (Å²) in [4.78, 5) is 4.24. The lowest BCUT2D eigenvalue weighted by atomic mass is 10.3. The highest BCUT2D eigenvalue weighted by atomic mass is 32.2. The van der Waals surface area contributed by atoms with Crippen molar-refractivity contribution in [1.82, 2.24) is 24.5 Å². The fraction of sp³-hybridized carbons (Fsp3) is 0.231. The molecule has 0 bridgehead atoms. The normalized spacial score (nSPS) is 12.0. The summed E-state index contributed by atoms with van der Waals surface area (Å²) >= 11 is 0. The molecule has 8 heteroatoms. The number of benzene rings is 1. The molecule has 0 amide bonds. The average molecular weight is 305 g/mol. The van der Waals surface area contributed by atoms with Crippen molar-refractivity contribution in [2.45, 2.75) is 13.1 Å². The fourth-order valence-corrected chi connectivity index (χ4v) is 3.01. The summed E-state index contributed by atoms with van der Waals surface area (Å²) in [7, 11) is -3.35. The first kappa shape index (κ1) is 13.8. The number of H-pyrrole nitrogens is 1. The number of fused-ring (bicyclic) bond motifs is 1. The first-order valence-electron chi connectivity index (χ1n) is 6.49. The van der Waals surface area contributed by atoms with E-state index in [1.807, 2.05) is 28.8 Å².